The molecule has 0 aromatic carbocycles. The van der Waals surface area contributed by atoms with Gasteiger partial charge in [0.1, 0.15) is 11.5 Å². The van der Waals surface area contributed by atoms with Crippen LogP contribution >= 0.6 is 0 Å². The average Bonchev–Trinajstić information content (AvgIpc) is 2.76. The summed E-state index contributed by atoms with van der Waals surface area (Å²) in [6, 6.07) is 7.82. The first-order chi connectivity index (χ1) is 9.66. The molecule has 20 heavy (non-hydrogen) atoms. The highest BCUT2D eigenvalue weighted by Gasteiger charge is 2.17. The molecule has 0 radical (unpaired) electrons. The maximum atomic E-state index is 6.17. The van der Waals surface area contributed by atoms with Crippen LogP contribution in [0, 0.1) is 6.92 Å². The third-order valence-corrected chi connectivity index (χ3v) is 3.21. The van der Waals surface area contributed by atoms with E-state index in [9.17, 15) is 0 Å². The van der Waals surface area contributed by atoms with E-state index in [-0.39, 0.29) is 0 Å². The predicted octanol–water partition coefficient (Wildman–Crippen LogP) is 2.43. The molecule has 5 heteroatoms. The minimum atomic E-state index is 0.627. The van der Waals surface area contributed by atoms with Gasteiger partial charge in [-0.2, -0.15) is 5.10 Å². The summed E-state index contributed by atoms with van der Waals surface area (Å²) in [4.78, 5) is 8.38. The average molecular weight is 265 g/mol. The van der Waals surface area contributed by atoms with Crippen LogP contribution in [-0.4, -0.2) is 19.7 Å². The summed E-state index contributed by atoms with van der Waals surface area (Å²) < 4.78 is 1.69. The van der Waals surface area contributed by atoms with E-state index < -0.39 is 0 Å². The molecule has 0 unspecified atom stereocenters. The molecule has 0 bridgehead atoms. The molecule has 0 aliphatic rings. The third kappa shape index (κ3) is 2.03. The van der Waals surface area contributed by atoms with Crippen molar-refractivity contribution >= 4 is 5.82 Å². The lowest BCUT2D eigenvalue weighted by molar-refractivity contribution is 0.782. The number of hydrogen-bond acceptors (Lipinski definition) is 4. The van der Waals surface area contributed by atoms with E-state index in [1.165, 1.54) is 0 Å². The van der Waals surface area contributed by atoms with Crippen LogP contribution in [-0.2, 0) is 7.05 Å². The normalized spacial score (nSPS) is 10.7. The first-order valence-corrected chi connectivity index (χ1v) is 6.32. The Kier molecular flexibility index (Phi) is 2.95. The molecular weight excluding hydrogens is 250 g/mol. The third-order valence-electron chi connectivity index (χ3n) is 3.21. The second-order valence-electron chi connectivity index (χ2n) is 4.66. The molecule has 0 fully saturated rings. The minimum absolute atomic E-state index is 0.627. The Balaban J connectivity index is 2.25. The first-order valence-electron chi connectivity index (χ1n) is 6.32. The molecule has 100 valence electrons. The Morgan fingerprint density at radius 2 is 2.00 bits per heavy atom. The number of anilines is 1. The van der Waals surface area contributed by atoms with E-state index in [0.717, 1.165) is 28.1 Å². The van der Waals surface area contributed by atoms with Crippen molar-refractivity contribution in [3.05, 3.63) is 48.5 Å². The fourth-order valence-corrected chi connectivity index (χ4v) is 2.23. The summed E-state index contributed by atoms with van der Waals surface area (Å²) in [5.74, 6) is 0.627. The van der Waals surface area contributed by atoms with E-state index in [0.29, 0.717) is 5.82 Å². The SMILES string of the molecule is Cc1cc(-c2nn(C)c(N)c2-c2cccnc2)ccn1. The number of rotatable bonds is 2. The Hall–Kier alpha value is -2.69. The predicted molar refractivity (Wildman–Crippen MR) is 78.8 cm³/mol. The highest BCUT2D eigenvalue weighted by molar-refractivity contribution is 5.87. The van der Waals surface area contributed by atoms with Gasteiger partial charge in [-0.15, -0.1) is 0 Å². The van der Waals surface area contributed by atoms with Gasteiger partial charge in [-0.3, -0.25) is 14.6 Å². The zero-order valence-electron chi connectivity index (χ0n) is 11.4. The van der Waals surface area contributed by atoms with Crippen LogP contribution in [0.2, 0.25) is 0 Å². The van der Waals surface area contributed by atoms with Crippen LogP contribution < -0.4 is 5.73 Å². The van der Waals surface area contributed by atoms with Crippen molar-refractivity contribution in [3.63, 3.8) is 0 Å². The number of nitrogens with zero attached hydrogens (tertiary/aromatic N) is 4. The molecular formula is C15H15N5. The van der Waals surface area contributed by atoms with Gasteiger partial charge >= 0.3 is 0 Å². The molecule has 0 saturated carbocycles. The quantitative estimate of drug-likeness (QED) is 0.772. The van der Waals surface area contributed by atoms with Gasteiger partial charge in [0, 0.05) is 42.5 Å². The van der Waals surface area contributed by atoms with Crippen LogP contribution in [0.5, 0.6) is 0 Å². The Bertz CT molecular complexity index is 746. The maximum Gasteiger partial charge on any atom is 0.129 e. The molecule has 0 aliphatic heterocycles. The standard InChI is InChI=1S/C15H15N5/c1-10-8-11(5-7-18-10)14-13(15(16)20(2)19-14)12-4-3-6-17-9-12/h3-9H,16H2,1-2H3. The van der Waals surface area contributed by atoms with E-state index in [2.05, 4.69) is 15.1 Å². The van der Waals surface area contributed by atoms with Crippen molar-refractivity contribution in [2.45, 2.75) is 6.92 Å². The first kappa shape index (κ1) is 12.3. The summed E-state index contributed by atoms with van der Waals surface area (Å²) in [5.41, 5.74) is 10.8. The zero-order chi connectivity index (χ0) is 14.1. The summed E-state index contributed by atoms with van der Waals surface area (Å²) in [6.07, 6.45) is 5.32. The molecule has 2 N–H and O–H groups in total. The largest absolute Gasteiger partial charge is 0.383 e. The van der Waals surface area contributed by atoms with E-state index in [4.69, 9.17) is 5.73 Å². The monoisotopic (exact) mass is 265 g/mol. The Morgan fingerprint density at radius 3 is 2.70 bits per heavy atom. The van der Waals surface area contributed by atoms with Crippen molar-refractivity contribution in [2.75, 3.05) is 5.73 Å². The second kappa shape index (κ2) is 4.77. The lowest BCUT2D eigenvalue weighted by Crippen LogP contribution is -1.98. The van der Waals surface area contributed by atoms with Crippen molar-refractivity contribution in [3.8, 4) is 22.4 Å². The lowest BCUT2D eigenvalue weighted by Gasteiger charge is -2.04. The number of hydrogen-bond donors (Lipinski definition) is 1. The van der Waals surface area contributed by atoms with Gasteiger partial charge in [-0.05, 0) is 25.1 Å². The fraction of sp³-hybridized carbons (Fsp3) is 0.133. The Morgan fingerprint density at radius 1 is 1.15 bits per heavy atom. The number of aryl methyl sites for hydroxylation is 2. The molecule has 3 aromatic rings. The molecule has 0 spiro atoms. The van der Waals surface area contributed by atoms with Gasteiger partial charge < -0.3 is 5.73 Å². The van der Waals surface area contributed by atoms with Crippen LogP contribution in [0.4, 0.5) is 5.82 Å². The van der Waals surface area contributed by atoms with Crippen LogP contribution in [0.3, 0.4) is 0 Å². The molecule has 0 saturated heterocycles. The number of aromatic nitrogens is 4. The van der Waals surface area contributed by atoms with Crippen molar-refractivity contribution in [1.29, 1.82) is 0 Å². The van der Waals surface area contributed by atoms with Gasteiger partial charge in [0.05, 0.1) is 5.56 Å². The molecule has 0 aliphatic carbocycles. The summed E-state index contributed by atoms with van der Waals surface area (Å²) >= 11 is 0. The molecule has 0 amide bonds. The molecule has 0 atom stereocenters. The lowest BCUT2D eigenvalue weighted by atomic mass is 10.0. The fourth-order valence-electron chi connectivity index (χ4n) is 2.23. The zero-order valence-corrected chi connectivity index (χ0v) is 11.4. The summed E-state index contributed by atoms with van der Waals surface area (Å²) in [5, 5.41) is 4.53. The highest BCUT2D eigenvalue weighted by atomic mass is 15.3. The van der Waals surface area contributed by atoms with Crippen molar-refractivity contribution in [2.24, 2.45) is 7.05 Å². The van der Waals surface area contributed by atoms with Crippen LogP contribution in [0.25, 0.3) is 22.4 Å². The molecule has 5 nitrogen and oxygen atoms in total. The molecule has 3 heterocycles. The van der Waals surface area contributed by atoms with Gasteiger partial charge in [-0.25, -0.2) is 0 Å². The van der Waals surface area contributed by atoms with Gasteiger partial charge in [-0.1, -0.05) is 6.07 Å². The van der Waals surface area contributed by atoms with Gasteiger partial charge in [0.25, 0.3) is 0 Å². The van der Waals surface area contributed by atoms with Crippen molar-refractivity contribution < 1.29 is 0 Å². The molecule has 3 aromatic heterocycles. The van der Waals surface area contributed by atoms with Crippen LogP contribution in [0.1, 0.15) is 5.69 Å². The summed E-state index contributed by atoms with van der Waals surface area (Å²) in [7, 11) is 1.84. The highest BCUT2D eigenvalue weighted by Crippen LogP contribution is 2.35. The molecule has 3 rings (SSSR count). The van der Waals surface area contributed by atoms with Gasteiger partial charge in [0.2, 0.25) is 0 Å². The smallest absolute Gasteiger partial charge is 0.129 e. The van der Waals surface area contributed by atoms with E-state index in [1.54, 1.807) is 23.3 Å². The van der Waals surface area contributed by atoms with E-state index in [1.807, 2.05) is 38.2 Å². The minimum Gasteiger partial charge on any atom is -0.383 e. The number of nitrogens with two attached hydrogens (primary N) is 1. The topological polar surface area (TPSA) is 69.6 Å². The van der Waals surface area contributed by atoms with Gasteiger partial charge in [0.15, 0.2) is 0 Å². The number of pyridine rings is 2. The summed E-state index contributed by atoms with van der Waals surface area (Å²) in [6.45, 7) is 1.96. The van der Waals surface area contributed by atoms with Crippen LogP contribution in [0.15, 0.2) is 42.9 Å². The van der Waals surface area contributed by atoms with E-state index >= 15 is 0 Å². The Labute approximate surface area is 117 Å². The second-order valence-corrected chi connectivity index (χ2v) is 4.66. The number of nitrogen functional groups attached to an aromatic ring is 1. The maximum absolute atomic E-state index is 6.17. The van der Waals surface area contributed by atoms with Crippen molar-refractivity contribution in [1.82, 2.24) is 19.7 Å².